The lowest BCUT2D eigenvalue weighted by molar-refractivity contribution is -0.431. The van der Waals surface area contributed by atoms with E-state index in [0.29, 0.717) is 11.1 Å². The molecule has 4 aromatic rings. The summed E-state index contributed by atoms with van der Waals surface area (Å²) in [5.74, 6) is 1.40. The summed E-state index contributed by atoms with van der Waals surface area (Å²) >= 11 is 1.55. The smallest absolute Gasteiger partial charge is 0.277 e. The Morgan fingerprint density at radius 2 is 1.84 bits per heavy atom. The fraction of sp³-hybridized carbons (Fsp3) is 0.158. The normalized spacial score (nSPS) is 12.5. The van der Waals surface area contributed by atoms with Crippen LogP contribution in [-0.4, -0.2) is 15.2 Å². The van der Waals surface area contributed by atoms with Crippen molar-refractivity contribution in [1.82, 2.24) is 15.2 Å². The van der Waals surface area contributed by atoms with Crippen LogP contribution >= 0.6 is 11.8 Å². The van der Waals surface area contributed by atoms with E-state index in [1.54, 1.807) is 11.8 Å². The molecule has 4 rings (SSSR count). The minimum absolute atomic E-state index is 0.0715. The van der Waals surface area contributed by atoms with E-state index < -0.39 is 0 Å². The van der Waals surface area contributed by atoms with Crippen molar-refractivity contribution in [1.29, 1.82) is 0 Å². The van der Waals surface area contributed by atoms with Crippen molar-refractivity contribution in [3.05, 3.63) is 77.8 Å². The number of thioether (sulfide) groups is 1. The van der Waals surface area contributed by atoms with Crippen LogP contribution in [0.1, 0.15) is 23.1 Å². The third kappa shape index (κ3) is 3.60. The number of para-hydroxylation sites is 1. The largest absolute Gasteiger partial charge is 0.410 e. The van der Waals surface area contributed by atoms with Crippen LogP contribution in [0.4, 0.5) is 0 Å². The van der Waals surface area contributed by atoms with Gasteiger partial charge in [0.1, 0.15) is 0 Å². The fourth-order valence-corrected chi connectivity index (χ4v) is 3.54. The molecule has 0 unspecified atom stereocenters. The van der Waals surface area contributed by atoms with Gasteiger partial charge in [0.15, 0.2) is 6.04 Å². The molecule has 0 fully saturated rings. The average molecular weight is 351 g/mol. The van der Waals surface area contributed by atoms with Gasteiger partial charge < -0.3 is 15.1 Å². The molecule has 2 heterocycles. The van der Waals surface area contributed by atoms with Crippen LogP contribution in [0.3, 0.4) is 0 Å². The van der Waals surface area contributed by atoms with Gasteiger partial charge in [-0.25, -0.2) is 0 Å². The molecule has 5 nitrogen and oxygen atoms in total. The summed E-state index contributed by atoms with van der Waals surface area (Å²) in [6, 6.07) is 18.4. The van der Waals surface area contributed by atoms with Crippen LogP contribution in [0, 0.1) is 0 Å². The minimum atomic E-state index is -0.0715. The molecule has 0 radical (unpaired) electrons. The first kappa shape index (κ1) is 15.9. The van der Waals surface area contributed by atoms with E-state index in [1.807, 2.05) is 36.5 Å². The van der Waals surface area contributed by atoms with Gasteiger partial charge >= 0.3 is 0 Å². The average Bonchev–Trinajstić information content (AvgIpc) is 3.29. The van der Waals surface area contributed by atoms with Crippen molar-refractivity contribution in [2.45, 2.75) is 23.4 Å². The molecule has 0 spiro atoms. The lowest BCUT2D eigenvalue weighted by Gasteiger charge is -2.03. The van der Waals surface area contributed by atoms with Crippen molar-refractivity contribution >= 4 is 22.7 Å². The highest BCUT2D eigenvalue weighted by atomic mass is 32.2. The van der Waals surface area contributed by atoms with Gasteiger partial charge in [0.25, 0.3) is 11.1 Å². The molecule has 0 bridgehead atoms. The maximum absolute atomic E-state index is 5.80. The predicted molar refractivity (Wildman–Crippen MR) is 97.9 cm³/mol. The van der Waals surface area contributed by atoms with E-state index in [4.69, 9.17) is 4.42 Å². The molecule has 4 N–H and O–H groups in total. The van der Waals surface area contributed by atoms with E-state index in [2.05, 4.69) is 45.2 Å². The van der Waals surface area contributed by atoms with Crippen molar-refractivity contribution in [3.8, 4) is 0 Å². The summed E-state index contributed by atoms with van der Waals surface area (Å²) in [4.78, 5) is 3.29. The van der Waals surface area contributed by atoms with Gasteiger partial charge in [0.2, 0.25) is 0 Å². The summed E-state index contributed by atoms with van der Waals surface area (Å²) in [6.07, 6.45) is 2.79. The molecular weight excluding hydrogens is 332 g/mol. The number of nitrogens with zero attached hydrogens (tertiary/aromatic N) is 2. The summed E-state index contributed by atoms with van der Waals surface area (Å²) in [5.41, 5.74) is 7.78. The number of hydrogen-bond donors (Lipinski definition) is 2. The number of aromatic amines is 1. The third-order valence-electron chi connectivity index (χ3n) is 4.12. The Hall–Kier alpha value is -2.57. The van der Waals surface area contributed by atoms with Gasteiger partial charge in [-0.05, 0) is 17.2 Å². The van der Waals surface area contributed by atoms with Gasteiger partial charge in [-0.2, -0.15) is 0 Å². The van der Waals surface area contributed by atoms with Crippen molar-refractivity contribution in [3.63, 3.8) is 0 Å². The molecule has 0 saturated carbocycles. The molecule has 0 saturated heterocycles. The number of aromatic nitrogens is 3. The standard InChI is InChI=1S/C19H18N4OS/c20-16(10-14-11-21-17-9-5-4-8-15(14)17)18-22-23-19(24-18)25-12-13-6-2-1-3-7-13/h1-9,11,16,21H,10,12,20H2/p+1/t16-/m0/s1. The third-order valence-corrected chi connectivity index (χ3v) is 5.01. The molecule has 2 aromatic carbocycles. The first-order valence-corrected chi connectivity index (χ1v) is 9.16. The molecule has 0 aliphatic carbocycles. The van der Waals surface area contributed by atoms with Crippen LogP contribution in [0.25, 0.3) is 10.9 Å². The Kier molecular flexibility index (Phi) is 4.54. The fourth-order valence-electron chi connectivity index (χ4n) is 2.82. The zero-order valence-corrected chi connectivity index (χ0v) is 14.5. The van der Waals surface area contributed by atoms with Crippen LogP contribution in [0.5, 0.6) is 0 Å². The maximum Gasteiger partial charge on any atom is 0.277 e. The number of fused-ring (bicyclic) bond motifs is 1. The van der Waals surface area contributed by atoms with Gasteiger partial charge in [-0.15, -0.1) is 10.2 Å². The summed E-state index contributed by atoms with van der Waals surface area (Å²) in [5, 5.41) is 10.1. The van der Waals surface area contributed by atoms with E-state index in [9.17, 15) is 0 Å². The molecule has 2 aromatic heterocycles. The van der Waals surface area contributed by atoms with Crippen molar-refractivity contribution in [2.24, 2.45) is 0 Å². The highest BCUT2D eigenvalue weighted by molar-refractivity contribution is 7.98. The summed E-state index contributed by atoms with van der Waals surface area (Å²) in [7, 11) is 0. The van der Waals surface area contributed by atoms with Crippen molar-refractivity contribution < 1.29 is 10.2 Å². The Labute approximate surface area is 149 Å². The quantitative estimate of drug-likeness (QED) is 0.522. The number of quaternary nitrogens is 1. The predicted octanol–water partition coefficient (Wildman–Crippen LogP) is 3.37. The number of nitrogens with one attached hydrogen (secondary N) is 1. The van der Waals surface area contributed by atoms with Crippen LogP contribution in [0.2, 0.25) is 0 Å². The minimum Gasteiger partial charge on any atom is -0.410 e. The Morgan fingerprint density at radius 1 is 1.04 bits per heavy atom. The number of rotatable bonds is 6. The van der Waals surface area contributed by atoms with E-state index >= 15 is 0 Å². The molecule has 1 atom stereocenters. The maximum atomic E-state index is 5.80. The second kappa shape index (κ2) is 7.13. The van der Waals surface area contributed by atoms with Crippen LogP contribution in [-0.2, 0) is 12.2 Å². The van der Waals surface area contributed by atoms with Gasteiger partial charge in [-0.1, -0.05) is 60.3 Å². The molecule has 0 aliphatic rings. The summed E-state index contributed by atoms with van der Waals surface area (Å²) < 4.78 is 5.80. The zero-order valence-electron chi connectivity index (χ0n) is 13.7. The molecule has 0 aliphatic heterocycles. The first-order valence-electron chi connectivity index (χ1n) is 8.18. The number of benzene rings is 2. The molecule has 126 valence electrons. The van der Waals surface area contributed by atoms with Crippen LogP contribution in [0.15, 0.2) is 70.4 Å². The molecule has 25 heavy (non-hydrogen) atoms. The van der Waals surface area contributed by atoms with Gasteiger partial charge in [-0.3, -0.25) is 0 Å². The van der Waals surface area contributed by atoms with E-state index in [1.165, 1.54) is 16.5 Å². The number of hydrogen-bond acceptors (Lipinski definition) is 4. The molecule has 0 amide bonds. The van der Waals surface area contributed by atoms with Gasteiger partial charge in [0.05, 0.1) is 0 Å². The lowest BCUT2D eigenvalue weighted by Crippen LogP contribution is -2.54. The second-order valence-corrected chi connectivity index (χ2v) is 6.87. The SMILES string of the molecule is [NH3+][C@@H](Cc1c[nH]c2ccccc12)c1nnc(SCc2ccccc2)o1. The Bertz CT molecular complexity index is 964. The zero-order chi connectivity index (χ0) is 17.1. The van der Waals surface area contributed by atoms with E-state index in [-0.39, 0.29) is 6.04 Å². The number of H-pyrrole nitrogens is 1. The highest BCUT2D eigenvalue weighted by Crippen LogP contribution is 2.25. The monoisotopic (exact) mass is 351 g/mol. The molecular formula is C19H19N4OS+. The highest BCUT2D eigenvalue weighted by Gasteiger charge is 2.20. The lowest BCUT2D eigenvalue weighted by atomic mass is 10.1. The first-order chi connectivity index (χ1) is 12.3. The van der Waals surface area contributed by atoms with Gasteiger partial charge in [0, 0.05) is 29.3 Å². The Balaban J connectivity index is 1.42. The molecule has 6 heteroatoms. The van der Waals surface area contributed by atoms with E-state index in [0.717, 1.165) is 17.7 Å². The van der Waals surface area contributed by atoms with Crippen LogP contribution < -0.4 is 5.73 Å². The Morgan fingerprint density at radius 3 is 2.72 bits per heavy atom. The topological polar surface area (TPSA) is 82.4 Å². The van der Waals surface area contributed by atoms with Crippen molar-refractivity contribution in [2.75, 3.05) is 0 Å². The summed E-state index contributed by atoms with van der Waals surface area (Å²) in [6.45, 7) is 0. The second-order valence-electron chi connectivity index (χ2n) is 5.94.